The summed E-state index contributed by atoms with van der Waals surface area (Å²) in [6, 6.07) is 3.76. The normalized spacial score (nSPS) is 11.5. The van der Waals surface area contributed by atoms with Crippen molar-refractivity contribution in [2.45, 2.75) is 52.9 Å². The van der Waals surface area contributed by atoms with Gasteiger partial charge in [-0.15, -0.1) is 0 Å². The molecular weight excluding hydrogens is 187 g/mol. The average molecular weight is 208 g/mol. The Kier molecular flexibility index (Phi) is 3.90. The summed E-state index contributed by atoms with van der Waals surface area (Å²) in [4.78, 5) is 0. The van der Waals surface area contributed by atoms with E-state index in [2.05, 4.69) is 20.8 Å². The van der Waals surface area contributed by atoms with E-state index in [-0.39, 0.29) is 11.7 Å². The molecule has 0 fully saturated rings. The van der Waals surface area contributed by atoms with Crippen LogP contribution in [0.2, 0.25) is 0 Å². The summed E-state index contributed by atoms with van der Waals surface area (Å²) in [7, 11) is 0. The quantitative estimate of drug-likeness (QED) is 0.679. The van der Waals surface area contributed by atoms with Crippen molar-refractivity contribution in [2.75, 3.05) is 0 Å². The Balaban J connectivity index is 3.29. The zero-order valence-corrected chi connectivity index (χ0v) is 10.4. The minimum absolute atomic E-state index is 0.0501. The number of hydrogen-bond acceptors (Lipinski definition) is 0. The standard InChI is InChI=1S/C14H21F/c1-6-11-7-13(10(4)5)14(15)8-12(11)9(2)3/h7-10H,6H2,1-5H3. The molecule has 0 radical (unpaired) electrons. The number of halogens is 1. The van der Waals surface area contributed by atoms with Crippen LogP contribution in [0, 0.1) is 5.82 Å². The zero-order chi connectivity index (χ0) is 11.6. The van der Waals surface area contributed by atoms with Gasteiger partial charge < -0.3 is 0 Å². The highest BCUT2D eigenvalue weighted by molar-refractivity contribution is 5.36. The van der Waals surface area contributed by atoms with Gasteiger partial charge in [0.15, 0.2) is 0 Å². The van der Waals surface area contributed by atoms with Gasteiger partial charge in [0, 0.05) is 0 Å². The first-order valence-corrected chi connectivity index (χ1v) is 5.79. The van der Waals surface area contributed by atoms with Crippen molar-refractivity contribution in [3.05, 3.63) is 34.6 Å². The third-order valence-corrected chi connectivity index (χ3v) is 2.88. The highest BCUT2D eigenvalue weighted by Crippen LogP contribution is 2.27. The lowest BCUT2D eigenvalue weighted by Gasteiger charge is -2.16. The molecule has 0 nitrogen and oxygen atoms in total. The fraction of sp³-hybridized carbons (Fsp3) is 0.571. The number of rotatable bonds is 3. The van der Waals surface area contributed by atoms with Crippen LogP contribution in [0.25, 0.3) is 0 Å². The summed E-state index contributed by atoms with van der Waals surface area (Å²) >= 11 is 0. The molecular formula is C14H21F. The number of hydrogen-bond donors (Lipinski definition) is 0. The summed E-state index contributed by atoms with van der Waals surface area (Å²) < 4.78 is 13.8. The molecule has 84 valence electrons. The highest BCUT2D eigenvalue weighted by Gasteiger charge is 2.13. The van der Waals surface area contributed by atoms with E-state index in [1.54, 1.807) is 6.07 Å². The Morgan fingerprint density at radius 1 is 1.00 bits per heavy atom. The maximum Gasteiger partial charge on any atom is 0.126 e. The molecule has 0 aliphatic rings. The van der Waals surface area contributed by atoms with E-state index in [1.807, 2.05) is 19.9 Å². The summed E-state index contributed by atoms with van der Waals surface area (Å²) in [5.74, 6) is 0.609. The predicted octanol–water partition coefficient (Wildman–Crippen LogP) is 4.63. The van der Waals surface area contributed by atoms with Gasteiger partial charge in [0.05, 0.1) is 0 Å². The second-order valence-corrected chi connectivity index (χ2v) is 4.74. The van der Waals surface area contributed by atoms with Crippen molar-refractivity contribution >= 4 is 0 Å². The maximum atomic E-state index is 13.8. The van der Waals surface area contributed by atoms with Gasteiger partial charge in [0.1, 0.15) is 5.82 Å². The van der Waals surface area contributed by atoms with Crippen molar-refractivity contribution in [3.8, 4) is 0 Å². The van der Waals surface area contributed by atoms with E-state index in [1.165, 1.54) is 5.56 Å². The molecule has 1 rings (SSSR count). The van der Waals surface area contributed by atoms with Crippen molar-refractivity contribution in [1.82, 2.24) is 0 Å². The summed E-state index contributed by atoms with van der Waals surface area (Å²) in [5.41, 5.74) is 3.28. The molecule has 0 N–H and O–H groups in total. The molecule has 1 heteroatoms. The van der Waals surface area contributed by atoms with Crippen LogP contribution >= 0.6 is 0 Å². The SMILES string of the molecule is CCc1cc(C(C)C)c(F)cc1C(C)C. The van der Waals surface area contributed by atoms with Gasteiger partial charge in [-0.05, 0) is 41.0 Å². The van der Waals surface area contributed by atoms with Crippen LogP contribution in [0.1, 0.15) is 63.1 Å². The molecule has 0 aliphatic carbocycles. The summed E-state index contributed by atoms with van der Waals surface area (Å²) in [6.45, 7) is 10.4. The predicted molar refractivity (Wildman–Crippen MR) is 64.0 cm³/mol. The molecule has 0 spiro atoms. The molecule has 0 aromatic heterocycles. The Bertz CT molecular complexity index is 337. The zero-order valence-electron chi connectivity index (χ0n) is 10.4. The van der Waals surface area contributed by atoms with Gasteiger partial charge in [-0.1, -0.05) is 40.7 Å². The minimum Gasteiger partial charge on any atom is -0.207 e. The van der Waals surface area contributed by atoms with Crippen molar-refractivity contribution < 1.29 is 4.39 Å². The lowest BCUT2D eigenvalue weighted by atomic mass is 9.90. The van der Waals surface area contributed by atoms with E-state index in [4.69, 9.17) is 0 Å². The number of aryl methyl sites for hydroxylation is 1. The molecule has 1 aromatic carbocycles. The third kappa shape index (κ3) is 2.58. The lowest BCUT2D eigenvalue weighted by molar-refractivity contribution is 0.592. The molecule has 1 aromatic rings. The molecule has 0 unspecified atom stereocenters. The van der Waals surface area contributed by atoms with Crippen molar-refractivity contribution in [1.29, 1.82) is 0 Å². The average Bonchev–Trinajstić information content (AvgIpc) is 2.16. The topological polar surface area (TPSA) is 0 Å². The Morgan fingerprint density at radius 3 is 1.93 bits per heavy atom. The Hall–Kier alpha value is -0.850. The first-order valence-electron chi connectivity index (χ1n) is 5.79. The molecule has 0 saturated heterocycles. The van der Waals surface area contributed by atoms with E-state index in [0.29, 0.717) is 5.92 Å². The molecule has 0 bridgehead atoms. The van der Waals surface area contributed by atoms with Crippen LogP contribution in [0.4, 0.5) is 4.39 Å². The van der Waals surface area contributed by atoms with E-state index in [9.17, 15) is 4.39 Å². The van der Waals surface area contributed by atoms with Crippen molar-refractivity contribution in [2.24, 2.45) is 0 Å². The van der Waals surface area contributed by atoms with Gasteiger partial charge in [-0.25, -0.2) is 4.39 Å². The Labute approximate surface area is 92.5 Å². The van der Waals surface area contributed by atoms with Crippen LogP contribution in [-0.4, -0.2) is 0 Å². The van der Waals surface area contributed by atoms with Gasteiger partial charge in [0.25, 0.3) is 0 Å². The van der Waals surface area contributed by atoms with Gasteiger partial charge >= 0.3 is 0 Å². The van der Waals surface area contributed by atoms with Gasteiger partial charge in [-0.2, -0.15) is 0 Å². The van der Waals surface area contributed by atoms with Crippen LogP contribution in [0.15, 0.2) is 12.1 Å². The summed E-state index contributed by atoms with van der Waals surface area (Å²) in [6.07, 6.45) is 0.980. The monoisotopic (exact) mass is 208 g/mol. The first kappa shape index (κ1) is 12.2. The fourth-order valence-corrected chi connectivity index (χ4v) is 1.94. The second-order valence-electron chi connectivity index (χ2n) is 4.74. The smallest absolute Gasteiger partial charge is 0.126 e. The van der Waals surface area contributed by atoms with Crippen LogP contribution in [0.3, 0.4) is 0 Å². The molecule has 15 heavy (non-hydrogen) atoms. The molecule has 0 atom stereocenters. The van der Waals surface area contributed by atoms with E-state index >= 15 is 0 Å². The second kappa shape index (κ2) is 4.78. The first-order chi connectivity index (χ1) is 6.97. The Morgan fingerprint density at radius 2 is 1.53 bits per heavy atom. The third-order valence-electron chi connectivity index (χ3n) is 2.88. The molecule has 0 saturated carbocycles. The van der Waals surface area contributed by atoms with E-state index in [0.717, 1.165) is 17.5 Å². The molecule has 0 amide bonds. The maximum absolute atomic E-state index is 13.8. The van der Waals surface area contributed by atoms with Crippen LogP contribution < -0.4 is 0 Å². The fourth-order valence-electron chi connectivity index (χ4n) is 1.94. The van der Waals surface area contributed by atoms with Crippen LogP contribution in [0.5, 0.6) is 0 Å². The van der Waals surface area contributed by atoms with Gasteiger partial charge in [0.2, 0.25) is 0 Å². The lowest BCUT2D eigenvalue weighted by Crippen LogP contribution is -2.02. The van der Waals surface area contributed by atoms with E-state index < -0.39 is 0 Å². The molecule has 0 aliphatic heterocycles. The van der Waals surface area contributed by atoms with Gasteiger partial charge in [-0.3, -0.25) is 0 Å². The highest BCUT2D eigenvalue weighted by atomic mass is 19.1. The minimum atomic E-state index is -0.0501. The summed E-state index contributed by atoms with van der Waals surface area (Å²) in [5, 5.41) is 0. The molecule has 0 heterocycles. The largest absolute Gasteiger partial charge is 0.207 e. The van der Waals surface area contributed by atoms with Crippen molar-refractivity contribution in [3.63, 3.8) is 0 Å². The number of benzene rings is 1. The van der Waals surface area contributed by atoms with Crippen LogP contribution in [-0.2, 0) is 6.42 Å².